The average Bonchev–Trinajstić information content (AvgIpc) is 3.18. The second-order valence-corrected chi connectivity index (χ2v) is 8.98. The molecule has 3 N–H and O–H groups in total. The van der Waals surface area contributed by atoms with Crippen LogP contribution >= 0.6 is 27.5 Å². The van der Waals surface area contributed by atoms with E-state index in [1.165, 1.54) is 0 Å². The molecule has 2 aromatic carbocycles. The third-order valence-electron chi connectivity index (χ3n) is 5.33. The third kappa shape index (κ3) is 5.21. The van der Waals surface area contributed by atoms with E-state index in [9.17, 15) is 14.4 Å². The Bertz CT molecular complexity index is 1280. The maximum atomic E-state index is 12.7. The number of hydrogen-bond acceptors (Lipinski definition) is 5. The van der Waals surface area contributed by atoms with Crippen molar-refractivity contribution in [2.45, 2.75) is 26.2 Å². The fourth-order valence-corrected chi connectivity index (χ4v) is 4.01. The highest BCUT2D eigenvalue weighted by molar-refractivity contribution is 9.10. The molecule has 0 unspecified atom stereocenters. The Kier molecular flexibility index (Phi) is 7.14. The Morgan fingerprint density at radius 2 is 1.53 bits per heavy atom. The summed E-state index contributed by atoms with van der Waals surface area (Å²) in [5.74, 6) is -0.706. The molecule has 0 bridgehead atoms. The van der Waals surface area contributed by atoms with Gasteiger partial charge in [-0.05, 0) is 68.3 Å². The molecule has 1 heterocycles. The molecule has 1 aromatic heterocycles. The van der Waals surface area contributed by atoms with E-state index in [0.29, 0.717) is 51.6 Å². The minimum absolute atomic E-state index is 0.0831. The van der Waals surface area contributed by atoms with Crippen LogP contribution in [-0.2, 0) is 6.42 Å². The van der Waals surface area contributed by atoms with Gasteiger partial charge in [-0.25, -0.2) is 5.43 Å². The van der Waals surface area contributed by atoms with Crippen LogP contribution in [0.2, 0.25) is 5.02 Å². The number of aryl methyl sites for hydroxylation is 1. The van der Waals surface area contributed by atoms with E-state index in [0.717, 1.165) is 10.9 Å². The summed E-state index contributed by atoms with van der Waals surface area (Å²) in [5, 5.41) is 4.83. The Labute approximate surface area is 208 Å². The second kappa shape index (κ2) is 10.2. The first-order valence-electron chi connectivity index (χ1n) is 10.4. The topological polar surface area (TPSA) is 113 Å². The predicted molar refractivity (Wildman–Crippen MR) is 131 cm³/mol. The van der Waals surface area contributed by atoms with Gasteiger partial charge in [0.05, 0.1) is 5.71 Å². The van der Waals surface area contributed by atoms with E-state index >= 15 is 0 Å². The quantitative estimate of drug-likeness (QED) is 0.419. The Morgan fingerprint density at radius 3 is 2.24 bits per heavy atom. The summed E-state index contributed by atoms with van der Waals surface area (Å²) in [5.41, 5.74) is 10.1. The van der Waals surface area contributed by atoms with Crippen LogP contribution in [0.5, 0.6) is 0 Å². The fourth-order valence-electron chi connectivity index (χ4n) is 3.62. The lowest BCUT2D eigenvalue weighted by Crippen LogP contribution is -2.41. The summed E-state index contributed by atoms with van der Waals surface area (Å²) in [6, 6.07) is 13.2. The highest BCUT2D eigenvalue weighted by atomic mass is 79.9. The van der Waals surface area contributed by atoms with E-state index < -0.39 is 11.8 Å². The number of nitrogens with one attached hydrogen (secondary N) is 3. The van der Waals surface area contributed by atoms with Gasteiger partial charge in [0, 0.05) is 38.2 Å². The monoisotopic (exact) mass is 542 g/mol. The van der Waals surface area contributed by atoms with Crippen LogP contribution in [0.1, 0.15) is 61.0 Å². The molecule has 0 radical (unpaired) electrons. The molecular weight excluding hydrogens is 524 g/mol. The summed E-state index contributed by atoms with van der Waals surface area (Å²) >= 11 is 9.18. The van der Waals surface area contributed by atoms with E-state index in [2.05, 4.69) is 37.3 Å². The third-order valence-corrected chi connectivity index (χ3v) is 6.11. The number of benzene rings is 2. The smallest absolute Gasteiger partial charge is 0.305 e. The maximum absolute atomic E-state index is 12.7. The number of hydrazone groups is 1. The van der Waals surface area contributed by atoms with Crippen molar-refractivity contribution in [2.75, 3.05) is 0 Å². The highest BCUT2D eigenvalue weighted by Gasteiger charge is 2.28. The minimum atomic E-state index is -0.582. The zero-order valence-electron chi connectivity index (χ0n) is 18.1. The van der Waals surface area contributed by atoms with E-state index in [1.807, 2.05) is 0 Å². The first kappa shape index (κ1) is 23.7. The van der Waals surface area contributed by atoms with Gasteiger partial charge >= 0.3 is 5.91 Å². The standard InChI is InChI=1S/C24H20BrClN4O4/c1-13-20-18(27-28-22(31)15-7-11-17(26)12-8-15)3-2-4-19(20)34-21(13)24(33)30-29-23(32)14-5-9-16(25)10-6-14/h5-12H,2-4H2,1H3,(H,28,31)(H,29,32)(H,30,33)/b27-18+. The van der Waals surface area contributed by atoms with Crippen LogP contribution in [-0.4, -0.2) is 23.4 Å². The van der Waals surface area contributed by atoms with Crippen LogP contribution in [0.15, 0.2) is 62.5 Å². The number of halogens is 2. The molecular formula is C24H20BrClN4O4. The molecule has 0 fully saturated rings. The number of carbonyl (C=O) groups excluding carboxylic acids is 3. The van der Waals surface area contributed by atoms with Crippen molar-refractivity contribution in [3.05, 3.63) is 91.8 Å². The van der Waals surface area contributed by atoms with E-state index in [4.69, 9.17) is 16.0 Å². The first-order chi connectivity index (χ1) is 16.3. The Morgan fingerprint density at radius 1 is 0.912 bits per heavy atom. The summed E-state index contributed by atoms with van der Waals surface area (Å²) in [7, 11) is 0. The van der Waals surface area contributed by atoms with Crippen molar-refractivity contribution in [1.82, 2.24) is 16.3 Å². The van der Waals surface area contributed by atoms with Crippen molar-refractivity contribution < 1.29 is 18.8 Å². The molecule has 1 aliphatic rings. The van der Waals surface area contributed by atoms with Crippen LogP contribution in [0.3, 0.4) is 0 Å². The molecule has 1 aliphatic carbocycles. The van der Waals surface area contributed by atoms with Gasteiger partial charge in [-0.15, -0.1) is 0 Å². The lowest BCUT2D eigenvalue weighted by Gasteiger charge is -2.13. The van der Waals surface area contributed by atoms with Crippen LogP contribution in [0.25, 0.3) is 0 Å². The second-order valence-electron chi connectivity index (χ2n) is 7.63. The number of fused-ring (bicyclic) bond motifs is 1. The first-order valence-corrected chi connectivity index (χ1v) is 11.6. The molecule has 0 spiro atoms. The number of hydrazine groups is 1. The van der Waals surface area contributed by atoms with Gasteiger partial charge < -0.3 is 4.42 Å². The van der Waals surface area contributed by atoms with Gasteiger partial charge in [-0.2, -0.15) is 5.10 Å². The molecule has 8 nitrogen and oxygen atoms in total. The highest BCUT2D eigenvalue weighted by Crippen LogP contribution is 2.29. The van der Waals surface area contributed by atoms with Gasteiger partial charge in [0.25, 0.3) is 11.8 Å². The summed E-state index contributed by atoms with van der Waals surface area (Å²) in [6.45, 7) is 1.75. The van der Waals surface area contributed by atoms with Crippen LogP contribution in [0.4, 0.5) is 0 Å². The minimum Gasteiger partial charge on any atom is -0.455 e. The normalized spacial score (nSPS) is 13.8. The number of amides is 3. The van der Waals surface area contributed by atoms with Crippen molar-refractivity contribution >= 4 is 51.0 Å². The Balaban J connectivity index is 1.47. The summed E-state index contributed by atoms with van der Waals surface area (Å²) < 4.78 is 6.65. The largest absolute Gasteiger partial charge is 0.455 e. The summed E-state index contributed by atoms with van der Waals surface area (Å²) in [6.07, 6.45) is 2.02. The molecule has 0 saturated carbocycles. The lowest BCUT2D eigenvalue weighted by molar-refractivity contribution is 0.0829. The molecule has 3 aromatic rings. The molecule has 174 valence electrons. The van der Waals surface area contributed by atoms with Crippen molar-refractivity contribution in [2.24, 2.45) is 5.10 Å². The number of rotatable bonds is 4. The van der Waals surface area contributed by atoms with Crippen molar-refractivity contribution in [3.8, 4) is 0 Å². The molecule has 0 saturated heterocycles. The predicted octanol–water partition coefficient (Wildman–Crippen LogP) is 4.55. The summed E-state index contributed by atoms with van der Waals surface area (Å²) in [4.78, 5) is 37.4. The SMILES string of the molecule is Cc1c(C(=O)NNC(=O)c2ccc(Br)cc2)oc2c1/C(=N/NC(=O)c1ccc(Cl)cc1)CCC2. The van der Waals surface area contributed by atoms with Crippen LogP contribution in [0, 0.1) is 6.92 Å². The van der Waals surface area contributed by atoms with Gasteiger partial charge in [0.15, 0.2) is 5.76 Å². The molecule has 10 heteroatoms. The van der Waals surface area contributed by atoms with E-state index in [1.54, 1.807) is 55.5 Å². The van der Waals surface area contributed by atoms with Gasteiger partial charge in [-0.3, -0.25) is 25.2 Å². The molecule has 4 rings (SSSR count). The lowest BCUT2D eigenvalue weighted by atomic mass is 9.93. The molecule has 0 aliphatic heterocycles. The zero-order chi connectivity index (χ0) is 24.2. The number of hydrogen-bond donors (Lipinski definition) is 3. The Hall–Kier alpha value is -3.43. The number of carbonyl (C=O) groups is 3. The maximum Gasteiger partial charge on any atom is 0.305 e. The van der Waals surface area contributed by atoms with E-state index in [-0.39, 0.29) is 11.7 Å². The number of furan rings is 1. The van der Waals surface area contributed by atoms with Crippen LogP contribution < -0.4 is 16.3 Å². The molecule has 3 amide bonds. The van der Waals surface area contributed by atoms with Crippen molar-refractivity contribution in [1.29, 1.82) is 0 Å². The van der Waals surface area contributed by atoms with Gasteiger partial charge in [-0.1, -0.05) is 27.5 Å². The fraction of sp³-hybridized carbons (Fsp3) is 0.167. The zero-order valence-corrected chi connectivity index (χ0v) is 20.4. The molecule has 34 heavy (non-hydrogen) atoms. The van der Waals surface area contributed by atoms with Crippen molar-refractivity contribution in [3.63, 3.8) is 0 Å². The average molecular weight is 544 g/mol. The molecule has 0 atom stereocenters. The number of nitrogens with zero attached hydrogens (tertiary/aromatic N) is 1. The van der Waals surface area contributed by atoms with Gasteiger partial charge in [0.2, 0.25) is 0 Å². The van der Waals surface area contributed by atoms with Gasteiger partial charge in [0.1, 0.15) is 5.76 Å².